The highest BCUT2D eigenvalue weighted by Crippen LogP contribution is 2.19. The Balaban J connectivity index is 2.59. The van der Waals surface area contributed by atoms with E-state index in [0.29, 0.717) is 6.42 Å². The van der Waals surface area contributed by atoms with E-state index >= 15 is 0 Å². The Morgan fingerprint density at radius 3 is 2.82 bits per heavy atom. The lowest BCUT2D eigenvalue weighted by Gasteiger charge is -2.09. The number of hydrogen-bond acceptors (Lipinski definition) is 3. The summed E-state index contributed by atoms with van der Waals surface area (Å²) in [6.45, 7) is 3.87. The van der Waals surface area contributed by atoms with Crippen LogP contribution in [0.5, 0.6) is 5.75 Å². The summed E-state index contributed by atoms with van der Waals surface area (Å²) in [4.78, 5) is 11.5. The lowest BCUT2D eigenvalue weighted by molar-refractivity contribution is -0.120. The van der Waals surface area contributed by atoms with Gasteiger partial charge in [-0.05, 0) is 31.0 Å². The van der Waals surface area contributed by atoms with Gasteiger partial charge >= 0.3 is 0 Å². The van der Waals surface area contributed by atoms with Gasteiger partial charge in [0, 0.05) is 6.54 Å². The molecule has 0 aliphatic heterocycles. The fourth-order valence-electron chi connectivity index (χ4n) is 1.48. The summed E-state index contributed by atoms with van der Waals surface area (Å²) in [6, 6.07) is 5.69. The van der Waals surface area contributed by atoms with E-state index in [0.717, 1.165) is 16.9 Å². The van der Waals surface area contributed by atoms with E-state index in [1.807, 2.05) is 25.1 Å². The van der Waals surface area contributed by atoms with Gasteiger partial charge in [0.2, 0.25) is 5.91 Å². The molecule has 0 bridgehead atoms. The summed E-state index contributed by atoms with van der Waals surface area (Å²) in [5, 5.41) is 11.7. The van der Waals surface area contributed by atoms with E-state index in [-0.39, 0.29) is 12.5 Å². The molecule has 0 aliphatic carbocycles. The Morgan fingerprint density at radius 1 is 1.53 bits per heavy atom. The van der Waals surface area contributed by atoms with E-state index in [2.05, 4.69) is 5.32 Å². The monoisotopic (exact) mass is 237 g/mol. The summed E-state index contributed by atoms with van der Waals surface area (Å²) in [6.07, 6.45) is -0.227. The zero-order valence-electron chi connectivity index (χ0n) is 10.5. The summed E-state index contributed by atoms with van der Waals surface area (Å²) in [5.74, 6) is 0.683. The smallest absolute Gasteiger partial charge is 0.224 e. The molecule has 0 aromatic heterocycles. The Labute approximate surface area is 102 Å². The van der Waals surface area contributed by atoms with Crippen molar-refractivity contribution in [3.05, 3.63) is 29.3 Å². The molecular weight excluding hydrogens is 218 g/mol. The number of rotatable bonds is 5. The molecule has 0 heterocycles. The zero-order valence-corrected chi connectivity index (χ0v) is 10.5. The number of amides is 1. The summed E-state index contributed by atoms with van der Waals surface area (Å²) < 4.78 is 5.19. The molecule has 0 unspecified atom stereocenters. The number of aryl methyl sites for hydroxylation is 1. The van der Waals surface area contributed by atoms with Crippen molar-refractivity contribution in [3.63, 3.8) is 0 Å². The van der Waals surface area contributed by atoms with Crippen LogP contribution in [-0.2, 0) is 11.2 Å². The minimum atomic E-state index is -0.522. The van der Waals surface area contributed by atoms with Gasteiger partial charge in [-0.3, -0.25) is 4.79 Å². The first kappa shape index (κ1) is 13.5. The van der Waals surface area contributed by atoms with Crippen molar-refractivity contribution >= 4 is 5.91 Å². The second-order valence-corrected chi connectivity index (χ2v) is 4.13. The number of carbonyl (C=O) groups is 1. The van der Waals surface area contributed by atoms with Gasteiger partial charge in [0.15, 0.2) is 0 Å². The van der Waals surface area contributed by atoms with Crippen molar-refractivity contribution in [2.45, 2.75) is 26.4 Å². The van der Waals surface area contributed by atoms with Crippen LogP contribution in [0.4, 0.5) is 0 Å². The third-order valence-corrected chi connectivity index (χ3v) is 2.43. The summed E-state index contributed by atoms with van der Waals surface area (Å²) in [5.41, 5.74) is 1.94. The van der Waals surface area contributed by atoms with Gasteiger partial charge in [-0.2, -0.15) is 0 Å². The molecule has 0 saturated heterocycles. The van der Waals surface area contributed by atoms with E-state index < -0.39 is 6.10 Å². The highest BCUT2D eigenvalue weighted by molar-refractivity contribution is 5.78. The van der Waals surface area contributed by atoms with Crippen LogP contribution in [0.2, 0.25) is 0 Å². The highest BCUT2D eigenvalue weighted by Gasteiger charge is 2.06. The first-order valence-electron chi connectivity index (χ1n) is 5.61. The van der Waals surface area contributed by atoms with Crippen LogP contribution >= 0.6 is 0 Å². The van der Waals surface area contributed by atoms with Crippen molar-refractivity contribution < 1.29 is 14.6 Å². The number of ether oxygens (including phenoxy) is 1. The molecule has 1 aromatic rings. The molecule has 1 atom stereocenters. The molecule has 0 radical (unpaired) electrons. The second kappa shape index (κ2) is 6.25. The highest BCUT2D eigenvalue weighted by atomic mass is 16.5. The molecule has 1 amide bonds. The van der Waals surface area contributed by atoms with Crippen molar-refractivity contribution in [1.29, 1.82) is 0 Å². The molecule has 0 spiro atoms. The fraction of sp³-hybridized carbons (Fsp3) is 0.462. The van der Waals surface area contributed by atoms with Crippen LogP contribution in [0.15, 0.2) is 18.2 Å². The number of benzene rings is 1. The molecule has 1 aromatic carbocycles. The van der Waals surface area contributed by atoms with Crippen molar-refractivity contribution in [2.75, 3.05) is 13.7 Å². The maximum Gasteiger partial charge on any atom is 0.224 e. The van der Waals surface area contributed by atoms with Gasteiger partial charge in [-0.15, -0.1) is 0 Å². The molecule has 17 heavy (non-hydrogen) atoms. The molecule has 0 fully saturated rings. The molecule has 94 valence electrons. The molecule has 0 saturated carbocycles. The largest absolute Gasteiger partial charge is 0.496 e. The third kappa shape index (κ3) is 4.44. The maximum absolute atomic E-state index is 11.5. The van der Waals surface area contributed by atoms with Crippen molar-refractivity contribution in [1.82, 2.24) is 5.32 Å². The maximum atomic E-state index is 11.5. The third-order valence-electron chi connectivity index (χ3n) is 2.43. The van der Waals surface area contributed by atoms with Crippen LogP contribution in [0.1, 0.15) is 18.1 Å². The SMILES string of the molecule is COc1cc(CC(=O)NC[C@H](C)O)ccc1C. The zero-order chi connectivity index (χ0) is 12.8. The molecule has 4 heteroatoms. The summed E-state index contributed by atoms with van der Waals surface area (Å²) in [7, 11) is 1.61. The van der Waals surface area contributed by atoms with Gasteiger partial charge in [0.1, 0.15) is 5.75 Å². The van der Waals surface area contributed by atoms with Crippen molar-refractivity contribution in [2.24, 2.45) is 0 Å². The van der Waals surface area contributed by atoms with Gasteiger partial charge in [0.05, 0.1) is 19.6 Å². The number of nitrogens with one attached hydrogen (secondary N) is 1. The van der Waals surface area contributed by atoms with Crippen LogP contribution in [0, 0.1) is 6.92 Å². The number of carbonyl (C=O) groups excluding carboxylic acids is 1. The quantitative estimate of drug-likeness (QED) is 0.804. The topological polar surface area (TPSA) is 58.6 Å². The molecule has 0 aliphatic rings. The van der Waals surface area contributed by atoms with Gasteiger partial charge in [-0.25, -0.2) is 0 Å². The van der Waals surface area contributed by atoms with Crippen LogP contribution < -0.4 is 10.1 Å². The van der Waals surface area contributed by atoms with Gasteiger partial charge in [0.25, 0.3) is 0 Å². The predicted molar refractivity (Wildman–Crippen MR) is 66.1 cm³/mol. The predicted octanol–water partition coefficient (Wildman–Crippen LogP) is 1.04. The van der Waals surface area contributed by atoms with E-state index in [1.54, 1.807) is 14.0 Å². The first-order valence-corrected chi connectivity index (χ1v) is 5.61. The lowest BCUT2D eigenvalue weighted by atomic mass is 10.1. The fourth-order valence-corrected chi connectivity index (χ4v) is 1.48. The number of aliphatic hydroxyl groups excluding tert-OH is 1. The van der Waals surface area contributed by atoms with Crippen LogP contribution in [0.3, 0.4) is 0 Å². The normalized spacial score (nSPS) is 12.0. The van der Waals surface area contributed by atoms with Gasteiger partial charge < -0.3 is 15.2 Å². The Hall–Kier alpha value is -1.55. The van der Waals surface area contributed by atoms with Crippen LogP contribution in [-0.4, -0.2) is 30.8 Å². The molecular formula is C13H19NO3. The molecule has 2 N–H and O–H groups in total. The van der Waals surface area contributed by atoms with E-state index in [4.69, 9.17) is 9.84 Å². The number of methoxy groups -OCH3 is 1. The Bertz CT molecular complexity index is 388. The second-order valence-electron chi connectivity index (χ2n) is 4.13. The van der Waals surface area contributed by atoms with Crippen molar-refractivity contribution in [3.8, 4) is 5.75 Å². The number of aliphatic hydroxyl groups is 1. The first-order chi connectivity index (χ1) is 8.02. The lowest BCUT2D eigenvalue weighted by Crippen LogP contribution is -2.31. The van der Waals surface area contributed by atoms with Gasteiger partial charge in [-0.1, -0.05) is 12.1 Å². The minimum Gasteiger partial charge on any atom is -0.496 e. The number of hydrogen-bond donors (Lipinski definition) is 2. The van der Waals surface area contributed by atoms with E-state index in [1.165, 1.54) is 0 Å². The average molecular weight is 237 g/mol. The van der Waals surface area contributed by atoms with E-state index in [9.17, 15) is 4.79 Å². The molecule has 1 rings (SSSR count). The standard InChI is InChI=1S/C13H19NO3/c1-9-4-5-11(6-12(9)17-3)7-13(16)14-8-10(2)15/h4-6,10,15H,7-8H2,1-3H3,(H,14,16)/t10-/m0/s1. The Morgan fingerprint density at radius 2 is 2.24 bits per heavy atom. The van der Waals surface area contributed by atoms with Crippen LogP contribution in [0.25, 0.3) is 0 Å². The molecule has 4 nitrogen and oxygen atoms in total. The Kier molecular flexibility index (Phi) is 4.97. The average Bonchev–Trinajstić information content (AvgIpc) is 2.29. The minimum absolute atomic E-state index is 0.100. The summed E-state index contributed by atoms with van der Waals surface area (Å²) >= 11 is 0.